The number of nitro groups is 1. The second kappa shape index (κ2) is 4.83. The minimum atomic E-state index is -1.25. The minimum Gasteiger partial charge on any atom is -0.465 e. The van der Waals surface area contributed by atoms with E-state index in [2.05, 4.69) is 4.98 Å². The molecule has 9 heteroatoms. The summed E-state index contributed by atoms with van der Waals surface area (Å²) in [5.41, 5.74) is 4.67. The number of halogens is 1. The summed E-state index contributed by atoms with van der Waals surface area (Å²) in [7, 11) is 0. The number of carboxylic acid groups (broad SMARTS) is 1. The predicted octanol–water partition coefficient (Wildman–Crippen LogP) is 1.73. The van der Waals surface area contributed by atoms with E-state index in [9.17, 15) is 14.9 Å². The number of pyridine rings is 1. The molecule has 0 aliphatic carbocycles. The van der Waals surface area contributed by atoms with Crippen LogP contribution in [0.2, 0.25) is 5.15 Å². The molecule has 1 amide bonds. The van der Waals surface area contributed by atoms with Crippen molar-refractivity contribution in [3.8, 4) is 0 Å². The Balaban J connectivity index is 3.31. The molecule has 0 aliphatic heterocycles. The molecule has 0 spiro atoms. The first kappa shape index (κ1) is 13.0. The topological polar surface area (TPSA) is 123 Å². The van der Waals surface area contributed by atoms with Crippen LogP contribution in [-0.4, -0.2) is 27.7 Å². The first-order chi connectivity index (χ1) is 7.88. The third kappa shape index (κ3) is 2.53. The molecule has 1 aromatic rings. The average Bonchev–Trinajstić information content (AvgIpc) is 2.15. The van der Waals surface area contributed by atoms with Gasteiger partial charge in [0.15, 0.2) is 0 Å². The van der Waals surface area contributed by atoms with Crippen LogP contribution in [0.1, 0.15) is 6.92 Å². The molecule has 17 heavy (non-hydrogen) atoms. The molecular weight excluding hydrogens is 252 g/mol. The van der Waals surface area contributed by atoms with Gasteiger partial charge in [-0.15, -0.1) is 0 Å². The fourth-order valence-electron chi connectivity index (χ4n) is 1.23. The summed E-state index contributed by atoms with van der Waals surface area (Å²) in [5, 5.41) is 19.0. The van der Waals surface area contributed by atoms with Crippen molar-refractivity contribution in [1.82, 2.24) is 4.98 Å². The summed E-state index contributed by atoms with van der Waals surface area (Å²) in [5.74, 6) is -0.0481. The molecule has 0 radical (unpaired) electrons. The largest absolute Gasteiger partial charge is 0.465 e. The number of anilines is 2. The van der Waals surface area contributed by atoms with Gasteiger partial charge in [-0.05, 0) is 6.92 Å². The van der Waals surface area contributed by atoms with E-state index < -0.39 is 21.9 Å². The van der Waals surface area contributed by atoms with Crippen LogP contribution in [0.5, 0.6) is 0 Å². The smallest absolute Gasteiger partial charge is 0.413 e. The van der Waals surface area contributed by atoms with Crippen molar-refractivity contribution < 1.29 is 14.8 Å². The number of amides is 1. The van der Waals surface area contributed by atoms with Crippen molar-refractivity contribution in [1.29, 1.82) is 0 Å². The number of rotatable bonds is 3. The number of hydrogen-bond donors (Lipinski definition) is 2. The maximum atomic E-state index is 10.8. The van der Waals surface area contributed by atoms with Gasteiger partial charge >= 0.3 is 11.8 Å². The van der Waals surface area contributed by atoms with Gasteiger partial charge in [-0.2, -0.15) is 0 Å². The molecule has 1 rings (SSSR count). The van der Waals surface area contributed by atoms with Crippen LogP contribution in [0.4, 0.5) is 22.0 Å². The number of nitrogen functional groups attached to an aromatic ring is 1. The van der Waals surface area contributed by atoms with Gasteiger partial charge in [0.1, 0.15) is 11.5 Å². The fraction of sp³-hybridized carbons (Fsp3) is 0.250. The lowest BCUT2D eigenvalue weighted by atomic mass is 10.3. The van der Waals surface area contributed by atoms with Crippen LogP contribution < -0.4 is 10.6 Å². The molecule has 92 valence electrons. The summed E-state index contributed by atoms with van der Waals surface area (Å²) in [6, 6.07) is 1.10. The Morgan fingerprint density at radius 3 is 2.71 bits per heavy atom. The number of carbonyl (C=O) groups is 1. The SMILES string of the molecule is CCN(C(=O)O)c1cc(N)c([N+](=O)[O-])c(Cl)n1. The fourth-order valence-corrected chi connectivity index (χ4v) is 1.49. The third-order valence-corrected chi connectivity index (χ3v) is 2.24. The quantitative estimate of drug-likeness (QED) is 0.485. The summed E-state index contributed by atoms with van der Waals surface area (Å²) >= 11 is 5.58. The van der Waals surface area contributed by atoms with Crippen LogP contribution in [0.3, 0.4) is 0 Å². The molecule has 8 nitrogen and oxygen atoms in total. The van der Waals surface area contributed by atoms with Crippen LogP contribution in [0, 0.1) is 10.1 Å². The van der Waals surface area contributed by atoms with Crippen LogP contribution >= 0.6 is 11.6 Å². The number of hydrogen-bond acceptors (Lipinski definition) is 5. The Labute approximate surface area is 101 Å². The van der Waals surface area contributed by atoms with Gasteiger partial charge in [0, 0.05) is 12.6 Å². The molecule has 0 atom stereocenters. The van der Waals surface area contributed by atoms with Crippen molar-refractivity contribution in [3.63, 3.8) is 0 Å². The first-order valence-corrected chi connectivity index (χ1v) is 4.87. The Kier molecular flexibility index (Phi) is 3.69. The van der Waals surface area contributed by atoms with Gasteiger partial charge < -0.3 is 10.8 Å². The summed E-state index contributed by atoms with van der Waals surface area (Å²) in [6.07, 6.45) is -1.25. The standard InChI is InChI=1S/C8H9ClN4O4/c1-2-12(8(14)15)5-3-4(10)6(13(16)17)7(9)11-5/h3H,2H2,1H3,(H2,10,11)(H,14,15). The zero-order valence-corrected chi connectivity index (χ0v) is 9.51. The lowest BCUT2D eigenvalue weighted by molar-refractivity contribution is -0.384. The summed E-state index contributed by atoms with van der Waals surface area (Å²) in [4.78, 5) is 25.2. The highest BCUT2D eigenvalue weighted by molar-refractivity contribution is 6.32. The molecule has 0 fully saturated rings. The maximum Gasteiger partial charge on any atom is 0.413 e. The highest BCUT2D eigenvalue weighted by Crippen LogP contribution is 2.32. The predicted molar refractivity (Wildman–Crippen MR) is 61.4 cm³/mol. The lowest BCUT2D eigenvalue weighted by Crippen LogP contribution is -2.29. The Bertz CT molecular complexity index is 456. The molecule has 0 saturated heterocycles. The van der Waals surface area contributed by atoms with E-state index in [0.717, 1.165) is 11.0 Å². The maximum absolute atomic E-state index is 10.8. The molecular formula is C8H9ClN4O4. The second-order valence-corrected chi connectivity index (χ2v) is 3.35. The van der Waals surface area contributed by atoms with Crippen LogP contribution in [0.25, 0.3) is 0 Å². The van der Waals surface area contributed by atoms with Gasteiger partial charge in [-0.25, -0.2) is 9.78 Å². The molecule has 0 bridgehead atoms. The molecule has 0 aliphatic rings. The van der Waals surface area contributed by atoms with Crippen LogP contribution in [0.15, 0.2) is 6.07 Å². The number of aromatic nitrogens is 1. The van der Waals surface area contributed by atoms with E-state index in [1.165, 1.54) is 0 Å². The van der Waals surface area contributed by atoms with E-state index in [-0.39, 0.29) is 18.1 Å². The highest BCUT2D eigenvalue weighted by atomic mass is 35.5. The van der Waals surface area contributed by atoms with Crippen molar-refractivity contribution in [2.24, 2.45) is 0 Å². The number of nitrogens with zero attached hydrogens (tertiary/aromatic N) is 3. The Morgan fingerprint density at radius 2 is 2.35 bits per heavy atom. The molecule has 0 aromatic carbocycles. The monoisotopic (exact) mass is 260 g/mol. The van der Waals surface area contributed by atoms with Crippen molar-refractivity contribution in [3.05, 3.63) is 21.3 Å². The highest BCUT2D eigenvalue weighted by Gasteiger charge is 2.23. The molecule has 3 N–H and O–H groups in total. The lowest BCUT2D eigenvalue weighted by Gasteiger charge is -2.16. The summed E-state index contributed by atoms with van der Waals surface area (Å²) in [6.45, 7) is 1.71. The van der Waals surface area contributed by atoms with E-state index in [1.54, 1.807) is 6.92 Å². The minimum absolute atomic E-state index is 0.0481. The van der Waals surface area contributed by atoms with Gasteiger partial charge in [0.25, 0.3) is 0 Å². The van der Waals surface area contributed by atoms with Crippen molar-refractivity contribution >= 4 is 34.9 Å². The average molecular weight is 261 g/mol. The zero-order chi connectivity index (χ0) is 13.2. The Hall–Kier alpha value is -2.09. The first-order valence-electron chi connectivity index (χ1n) is 4.49. The zero-order valence-electron chi connectivity index (χ0n) is 8.75. The van der Waals surface area contributed by atoms with Crippen molar-refractivity contribution in [2.45, 2.75) is 6.92 Å². The second-order valence-electron chi connectivity index (χ2n) is 2.99. The van der Waals surface area contributed by atoms with Gasteiger partial charge in [0.2, 0.25) is 5.15 Å². The van der Waals surface area contributed by atoms with Crippen molar-refractivity contribution in [2.75, 3.05) is 17.2 Å². The van der Waals surface area contributed by atoms with Gasteiger partial charge in [-0.1, -0.05) is 11.6 Å². The van der Waals surface area contributed by atoms with E-state index in [1.807, 2.05) is 0 Å². The van der Waals surface area contributed by atoms with E-state index >= 15 is 0 Å². The molecule has 1 aromatic heterocycles. The van der Waals surface area contributed by atoms with E-state index in [4.69, 9.17) is 22.4 Å². The number of nitrogens with two attached hydrogens (primary N) is 1. The molecule has 0 saturated carbocycles. The van der Waals surface area contributed by atoms with Gasteiger partial charge in [-0.3, -0.25) is 15.0 Å². The molecule has 1 heterocycles. The molecule has 0 unspecified atom stereocenters. The van der Waals surface area contributed by atoms with Crippen LogP contribution in [-0.2, 0) is 0 Å². The van der Waals surface area contributed by atoms with E-state index in [0.29, 0.717) is 0 Å². The summed E-state index contributed by atoms with van der Waals surface area (Å²) < 4.78 is 0. The normalized spacial score (nSPS) is 10.0. The van der Waals surface area contributed by atoms with Gasteiger partial charge in [0.05, 0.1) is 4.92 Å². The Morgan fingerprint density at radius 1 is 1.76 bits per heavy atom. The third-order valence-electron chi connectivity index (χ3n) is 1.97.